The highest BCUT2D eigenvalue weighted by atomic mass is 16.4. The Morgan fingerprint density at radius 3 is 2.52 bits per heavy atom. The van der Waals surface area contributed by atoms with Gasteiger partial charge in [-0.3, -0.25) is 9.59 Å². The Kier molecular flexibility index (Phi) is 3.17. The second-order valence-electron chi connectivity index (χ2n) is 5.15. The molecule has 0 amide bonds. The van der Waals surface area contributed by atoms with Crippen LogP contribution in [0.5, 0.6) is 0 Å². The molecule has 2 aromatic rings. The molecule has 5 heteroatoms. The van der Waals surface area contributed by atoms with Gasteiger partial charge in [0.2, 0.25) is 0 Å². The summed E-state index contributed by atoms with van der Waals surface area (Å²) in [5, 5.41) is 8.95. The molecule has 1 unspecified atom stereocenters. The average molecular weight is 283 g/mol. The zero-order valence-corrected chi connectivity index (χ0v) is 11.1. The van der Waals surface area contributed by atoms with E-state index in [2.05, 4.69) is 4.98 Å². The Hall–Kier alpha value is -2.69. The summed E-state index contributed by atoms with van der Waals surface area (Å²) < 4.78 is 0. The van der Waals surface area contributed by atoms with Gasteiger partial charge in [0.25, 0.3) is 5.56 Å². The monoisotopic (exact) mass is 283 g/mol. The number of hydrogen-bond donors (Lipinski definition) is 2. The average Bonchev–Trinajstić information content (AvgIpc) is 2.47. The fourth-order valence-corrected chi connectivity index (χ4v) is 2.75. The molecule has 3 rings (SSSR count). The third-order valence-electron chi connectivity index (χ3n) is 3.81. The van der Waals surface area contributed by atoms with E-state index in [1.165, 1.54) is 6.07 Å². The molecule has 0 fully saturated rings. The molecular formula is C16H13NO4. The van der Waals surface area contributed by atoms with Crippen molar-refractivity contribution in [2.45, 2.75) is 18.8 Å². The number of fused-ring (bicyclic) bond motifs is 1. The SMILES string of the molecule is O=C1CC(c2ccccc2)Cc2[nH]c(=O)c(C(=O)O)cc21. The number of aromatic carboxylic acids is 1. The number of Topliss-reactive ketones (excluding diaryl/α,β-unsaturated/α-hetero) is 1. The molecule has 1 aliphatic carbocycles. The molecule has 21 heavy (non-hydrogen) atoms. The van der Waals surface area contributed by atoms with Crippen LogP contribution in [0.15, 0.2) is 41.2 Å². The van der Waals surface area contributed by atoms with Gasteiger partial charge in [0, 0.05) is 17.7 Å². The van der Waals surface area contributed by atoms with Crippen LogP contribution in [-0.2, 0) is 6.42 Å². The number of carbonyl (C=O) groups is 2. The lowest BCUT2D eigenvalue weighted by Gasteiger charge is -2.23. The number of carboxylic acids is 1. The third-order valence-corrected chi connectivity index (χ3v) is 3.81. The minimum Gasteiger partial charge on any atom is -0.477 e. The first kappa shape index (κ1) is 13.3. The van der Waals surface area contributed by atoms with E-state index < -0.39 is 11.5 Å². The largest absolute Gasteiger partial charge is 0.477 e. The van der Waals surface area contributed by atoms with Crippen molar-refractivity contribution in [3.8, 4) is 0 Å². The van der Waals surface area contributed by atoms with E-state index in [1.54, 1.807) is 0 Å². The lowest BCUT2D eigenvalue weighted by Crippen LogP contribution is -2.27. The van der Waals surface area contributed by atoms with Crippen LogP contribution in [0.2, 0.25) is 0 Å². The van der Waals surface area contributed by atoms with Gasteiger partial charge in [-0.25, -0.2) is 4.79 Å². The summed E-state index contributed by atoms with van der Waals surface area (Å²) in [6.07, 6.45) is 0.850. The molecule has 106 valence electrons. The maximum atomic E-state index is 12.2. The zero-order chi connectivity index (χ0) is 15.0. The number of aromatic nitrogens is 1. The van der Waals surface area contributed by atoms with E-state index in [4.69, 9.17) is 5.11 Å². The van der Waals surface area contributed by atoms with Crippen molar-refractivity contribution < 1.29 is 14.7 Å². The number of aromatic amines is 1. The van der Waals surface area contributed by atoms with Gasteiger partial charge in [0.1, 0.15) is 5.56 Å². The van der Waals surface area contributed by atoms with Crippen LogP contribution >= 0.6 is 0 Å². The van der Waals surface area contributed by atoms with Crippen LogP contribution in [0.1, 0.15) is 44.3 Å². The third kappa shape index (κ3) is 2.38. The molecular weight excluding hydrogens is 270 g/mol. The number of nitrogens with one attached hydrogen (secondary N) is 1. The Balaban J connectivity index is 2.04. The van der Waals surface area contributed by atoms with Gasteiger partial charge in [0.05, 0.1) is 0 Å². The van der Waals surface area contributed by atoms with Crippen molar-refractivity contribution in [3.05, 3.63) is 69.1 Å². The summed E-state index contributed by atoms with van der Waals surface area (Å²) in [6, 6.07) is 10.8. The van der Waals surface area contributed by atoms with Gasteiger partial charge in [-0.05, 0) is 24.0 Å². The molecule has 2 N–H and O–H groups in total. The van der Waals surface area contributed by atoms with Gasteiger partial charge in [-0.2, -0.15) is 0 Å². The van der Waals surface area contributed by atoms with Crippen LogP contribution in [0.25, 0.3) is 0 Å². The lowest BCUT2D eigenvalue weighted by atomic mass is 9.81. The van der Waals surface area contributed by atoms with Crippen molar-refractivity contribution in [1.29, 1.82) is 0 Å². The number of benzene rings is 1. The van der Waals surface area contributed by atoms with Crippen molar-refractivity contribution in [1.82, 2.24) is 4.98 Å². The first-order chi connectivity index (χ1) is 10.1. The van der Waals surface area contributed by atoms with Crippen molar-refractivity contribution in [2.24, 2.45) is 0 Å². The van der Waals surface area contributed by atoms with Gasteiger partial charge in [0.15, 0.2) is 5.78 Å². The van der Waals surface area contributed by atoms with Crippen LogP contribution in [0.4, 0.5) is 0 Å². The summed E-state index contributed by atoms with van der Waals surface area (Å²) in [5.74, 6) is -1.45. The summed E-state index contributed by atoms with van der Waals surface area (Å²) >= 11 is 0. The number of rotatable bonds is 2. The van der Waals surface area contributed by atoms with E-state index in [0.717, 1.165) is 5.56 Å². The molecule has 1 aliphatic rings. The highest BCUT2D eigenvalue weighted by Gasteiger charge is 2.28. The van der Waals surface area contributed by atoms with Gasteiger partial charge < -0.3 is 10.1 Å². The van der Waals surface area contributed by atoms with Gasteiger partial charge >= 0.3 is 5.97 Å². The topological polar surface area (TPSA) is 87.2 Å². The van der Waals surface area contributed by atoms with E-state index in [0.29, 0.717) is 24.1 Å². The maximum absolute atomic E-state index is 12.2. The number of H-pyrrole nitrogens is 1. The molecule has 0 saturated heterocycles. The minimum absolute atomic E-state index is 0.0116. The van der Waals surface area contributed by atoms with Crippen LogP contribution < -0.4 is 5.56 Å². The number of carboxylic acid groups (broad SMARTS) is 1. The fraction of sp³-hybridized carbons (Fsp3) is 0.188. The maximum Gasteiger partial charge on any atom is 0.341 e. The molecule has 5 nitrogen and oxygen atoms in total. The first-order valence-corrected chi connectivity index (χ1v) is 6.64. The van der Waals surface area contributed by atoms with Crippen molar-refractivity contribution >= 4 is 11.8 Å². The Labute approximate surface area is 120 Å². The summed E-state index contributed by atoms with van der Waals surface area (Å²) in [4.78, 5) is 37.5. The van der Waals surface area contributed by atoms with Crippen LogP contribution in [-0.4, -0.2) is 21.8 Å². The van der Waals surface area contributed by atoms with Crippen LogP contribution in [0, 0.1) is 0 Å². The van der Waals surface area contributed by atoms with Crippen LogP contribution in [0.3, 0.4) is 0 Å². The molecule has 1 aromatic carbocycles. The highest BCUT2D eigenvalue weighted by Crippen LogP contribution is 2.31. The van der Waals surface area contributed by atoms with E-state index >= 15 is 0 Å². The fourth-order valence-electron chi connectivity index (χ4n) is 2.75. The summed E-state index contributed by atoms with van der Waals surface area (Å²) in [6.45, 7) is 0. The second kappa shape index (κ2) is 5.01. The van der Waals surface area contributed by atoms with Crippen molar-refractivity contribution in [3.63, 3.8) is 0 Å². The molecule has 1 heterocycles. The quantitative estimate of drug-likeness (QED) is 0.882. The predicted octanol–water partition coefficient (Wildman–Crippen LogP) is 1.99. The zero-order valence-electron chi connectivity index (χ0n) is 11.1. The number of carbonyl (C=O) groups excluding carboxylic acids is 1. The predicted molar refractivity (Wildman–Crippen MR) is 75.9 cm³/mol. The number of pyridine rings is 1. The summed E-state index contributed by atoms with van der Waals surface area (Å²) in [5.41, 5.74) is 0.831. The number of ketones is 1. The molecule has 0 saturated carbocycles. The molecule has 0 bridgehead atoms. The standard InChI is InChI=1S/C16H13NO4/c18-14-7-10(9-4-2-1-3-5-9)6-13-11(14)8-12(16(20)21)15(19)17-13/h1-5,8,10H,6-7H2,(H,17,19)(H,20,21). The van der Waals surface area contributed by atoms with E-state index in [1.807, 2.05) is 30.3 Å². The molecule has 0 aliphatic heterocycles. The summed E-state index contributed by atoms with van der Waals surface area (Å²) in [7, 11) is 0. The second-order valence-corrected chi connectivity index (χ2v) is 5.15. The van der Waals surface area contributed by atoms with Crippen molar-refractivity contribution in [2.75, 3.05) is 0 Å². The molecule has 1 atom stereocenters. The molecule has 0 spiro atoms. The highest BCUT2D eigenvalue weighted by molar-refractivity contribution is 6.00. The minimum atomic E-state index is -1.32. The van der Waals surface area contributed by atoms with E-state index in [9.17, 15) is 14.4 Å². The smallest absolute Gasteiger partial charge is 0.341 e. The normalized spacial score (nSPS) is 17.3. The Morgan fingerprint density at radius 2 is 1.86 bits per heavy atom. The Morgan fingerprint density at radius 1 is 1.14 bits per heavy atom. The van der Waals surface area contributed by atoms with E-state index in [-0.39, 0.29) is 17.3 Å². The Bertz CT molecular complexity index is 777. The number of hydrogen-bond acceptors (Lipinski definition) is 3. The molecule has 0 radical (unpaired) electrons. The van der Waals surface area contributed by atoms with Gasteiger partial charge in [-0.15, -0.1) is 0 Å². The molecule has 1 aromatic heterocycles. The first-order valence-electron chi connectivity index (χ1n) is 6.64. The lowest BCUT2D eigenvalue weighted by molar-refractivity contribution is 0.0695. The van der Waals surface area contributed by atoms with Gasteiger partial charge in [-0.1, -0.05) is 30.3 Å².